The van der Waals surface area contributed by atoms with Gasteiger partial charge in [-0.05, 0) is 45.6 Å². The summed E-state index contributed by atoms with van der Waals surface area (Å²) >= 11 is -1.34. The summed E-state index contributed by atoms with van der Waals surface area (Å²) in [6, 6.07) is 3.47. The topological polar surface area (TPSA) is 48.3 Å². The van der Waals surface area contributed by atoms with Gasteiger partial charge in [0.1, 0.15) is 22.3 Å². The maximum atomic E-state index is 13.7. The van der Waals surface area contributed by atoms with Crippen molar-refractivity contribution in [1.29, 1.82) is 0 Å². The highest BCUT2D eigenvalue weighted by atomic mass is 32.2. The first-order valence-electron chi connectivity index (χ1n) is 6.00. The van der Waals surface area contributed by atoms with E-state index in [2.05, 4.69) is 9.38 Å². The normalized spacial score (nSPS) is 18.3. The van der Waals surface area contributed by atoms with E-state index in [0.29, 0.717) is 17.2 Å². The minimum atomic E-state index is -1.34. The highest BCUT2D eigenvalue weighted by Crippen LogP contribution is 2.40. The summed E-state index contributed by atoms with van der Waals surface area (Å²) in [6.07, 6.45) is 3.46. The molecule has 1 aromatic rings. The van der Waals surface area contributed by atoms with Crippen LogP contribution in [0.15, 0.2) is 16.5 Å². The molecule has 0 spiro atoms. The molecule has 1 heterocycles. The lowest BCUT2D eigenvalue weighted by Gasteiger charge is -2.17. The predicted molar refractivity (Wildman–Crippen MR) is 71.7 cm³/mol. The van der Waals surface area contributed by atoms with Crippen LogP contribution in [0.1, 0.15) is 50.8 Å². The molecule has 3 nitrogen and oxygen atoms in total. The lowest BCUT2D eigenvalue weighted by molar-refractivity contribution is 0.561. The van der Waals surface area contributed by atoms with Crippen molar-refractivity contribution in [2.24, 2.45) is 4.40 Å². The second-order valence-electron chi connectivity index (χ2n) is 5.49. The number of aromatic nitrogens is 1. The average Bonchev–Trinajstić information content (AvgIpc) is 3.08. The van der Waals surface area contributed by atoms with Crippen LogP contribution in [0.3, 0.4) is 0 Å². The Bertz CT molecular complexity index is 467. The van der Waals surface area contributed by atoms with E-state index in [1.54, 1.807) is 12.1 Å². The minimum absolute atomic E-state index is 0.340. The van der Waals surface area contributed by atoms with Crippen LogP contribution >= 0.6 is 0 Å². The molecule has 1 saturated carbocycles. The van der Waals surface area contributed by atoms with Crippen LogP contribution in [-0.4, -0.2) is 20.5 Å². The summed E-state index contributed by atoms with van der Waals surface area (Å²) in [7, 11) is 0. The van der Waals surface area contributed by atoms with Crippen molar-refractivity contribution in [3.05, 3.63) is 29.3 Å². The van der Waals surface area contributed by atoms with E-state index < -0.39 is 22.1 Å². The van der Waals surface area contributed by atoms with Gasteiger partial charge < -0.3 is 4.55 Å². The second-order valence-corrected chi connectivity index (χ2v) is 7.42. The fourth-order valence-corrected chi connectivity index (χ4v) is 2.01. The van der Waals surface area contributed by atoms with Crippen LogP contribution in [0.4, 0.5) is 4.39 Å². The van der Waals surface area contributed by atoms with Crippen LogP contribution in [0.5, 0.6) is 0 Å². The van der Waals surface area contributed by atoms with Gasteiger partial charge in [-0.1, -0.05) is 10.5 Å². The van der Waals surface area contributed by atoms with E-state index in [0.717, 1.165) is 12.8 Å². The Morgan fingerprint density at radius 2 is 2.11 bits per heavy atom. The third-order valence-electron chi connectivity index (χ3n) is 2.72. The molecule has 1 aliphatic rings. The van der Waals surface area contributed by atoms with Gasteiger partial charge >= 0.3 is 0 Å². The van der Waals surface area contributed by atoms with Gasteiger partial charge in [-0.2, -0.15) is 4.39 Å². The van der Waals surface area contributed by atoms with Gasteiger partial charge in [-0.15, -0.1) is 0 Å². The van der Waals surface area contributed by atoms with E-state index in [4.69, 9.17) is 0 Å². The molecule has 0 saturated heterocycles. The predicted octanol–water partition coefficient (Wildman–Crippen LogP) is 2.98. The third kappa shape index (κ3) is 3.29. The summed E-state index contributed by atoms with van der Waals surface area (Å²) in [5.74, 6) is -0.0878. The zero-order valence-electron chi connectivity index (χ0n) is 10.8. The van der Waals surface area contributed by atoms with Crippen LogP contribution in [0.2, 0.25) is 0 Å². The standard InChI is InChI=1S/C13H17FN2OS/c1-13(2,3)18(17)15-8-10-6-7-11(9-4-5-9)12(14)16-10/h6-9H,4-5H2,1-3H3/b15-8+. The lowest BCUT2D eigenvalue weighted by Crippen LogP contribution is -2.25. The Labute approximate surface area is 110 Å². The van der Waals surface area contributed by atoms with Crippen molar-refractivity contribution in [3.8, 4) is 0 Å². The molecule has 2 rings (SSSR count). The summed E-state index contributed by atoms with van der Waals surface area (Å²) in [4.78, 5) is 3.84. The summed E-state index contributed by atoms with van der Waals surface area (Å²) in [6.45, 7) is 5.51. The van der Waals surface area contributed by atoms with Crippen molar-refractivity contribution in [1.82, 2.24) is 4.98 Å². The molecule has 1 unspecified atom stereocenters. The van der Waals surface area contributed by atoms with E-state index >= 15 is 0 Å². The van der Waals surface area contributed by atoms with Crippen LogP contribution in [0.25, 0.3) is 0 Å². The highest BCUT2D eigenvalue weighted by molar-refractivity contribution is 7.91. The fraction of sp³-hybridized carbons (Fsp3) is 0.538. The van der Waals surface area contributed by atoms with E-state index in [1.165, 1.54) is 6.21 Å². The summed E-state index contributed by atoms with van der Waals surface area (Å²) < 4.78 is 28.9. The van der Waals surface area contributed by atoms with Crippen molar-refractivity contribution in [3.63, 3.8) is 0 Å². The number of hydrogen-bond acceptors (Lipinski definition) is 3. The van der Waals surface area contributed by atoms with E-state index in [9.17, 15) is 8.94 Å². The highest BCUT2D eigenvalue weighted by Gasteiger charge is 2.27. The smallest absolute Gasteiger partial charge is 0.216 e. The number of nitrogens with zero attached hydrogens (tertiary/aromatic N) is 2. The van der Waals surface area contributed by atoms with E-state index in [1.807, 2.05) is 20.8 Å². The lowest BCUT2D eigenvalue weighted by atomic mass is 10.2. The fourth-order valence-electron chi connectivity index (χ4n) is 1.49. The Kier molecular flexibility index (Phi) is 3.73. The maximum Gasteiger partial charge on any atom is 0.216 e. The molecule has 18 heavy (non-hydrogen) atoms. The maximum absolute atomic E-state index is 13.7. The zero-order chi connectivity index (χ0) is 13.3. The minimum Gasteiger partial charge on any atom is -0.591 e. The Hall–Kier alpha value is -0.940. The molecule has 1 aliphatic carbocycles. The molecule has 1 atom stereocenters. The van der Waals surface area contributed by atoms with Gasteiger partial charge in [0, 0.05) is 5.56 Å². The molecule has 0 aliphatic heterocycles. The number of rotatable bonds is 3. The van der Waals surface area contributed by atoms with E-state index in [-0.39, 0.29) is 0 Å². The molecule has 0 amide bonds. The van der Waals surface area contributed by atoms with Gasteiger partial charge in [-0.25, -0.2) is 4.98 Å². The van der Waals surface area contributed by atoms with Crippen LogP contribution < -0.4 is 0 Å². The van der Waals surface area contributed by atoms with Crippen molar-refractivity contribution in [2.45, 2.75) is 44.3 Å². The van der Waals surface area contributed by atoms with Crippen molar-refractivity contribution in [2.75, 3.05) is 0 Å². The summed E-state index contributed by atoms with van der Waals surface area (Å²) in [5.41, 5.74) is 1.10. The quantitative estimate of drug-likeness (QED) is 0.480. The number of hydrogen-bond donors (Lipinski definition) is 0. The molecule has 0 N–H and O–H groups in total. The Morgan fingerprint density at radius 3 is 2.61 bits per heavy atom. The first kappa shape index (κ1) is 13.5. The second kappa shape index (κ2) is 4.97. The first-order chi connectivity index (χ1) is 8.38. The van der Waals surface area contributed by atoms with Crippen molar-refractivity contribution >= 4 is 17.6 Å². The first-order valence-corrected chi connectivity index (χ1v) is 7.11. The molecule has 0 bridgehead atoms. The average molecular weight is 268 g/mol. The summed E-state index contributed by atoms with van der Waals surface area (Å²) in [5, 5.41) is 0. The molecular weight excluding hydrogens is 251 g/mol. The van der Waals surface area contributed by atoms with Crippen LogP contribution in [-0.2, 0) is 11.4 Å². The number of pyridine rings is 1. The molecule has 5 heteroatoms. The van der Waals surface area contributed by atoms with Gasteiger partial charge in [0.2, 0.25) is 5.95 Å². The molecular formula is C13H17FN2OS. The van der Waals surface area contributed by atoms with Gasteiger partial charge in [0.05, 0.1) is 5.69 Å². The SMILES string of the molecule is CC(C)(C)[S+]([O-])/N=C/c1ccc(C2CC2)c(F)n1. The molecule has 1 fully saturated rings. The molecule has 1 aromatic heterocycles. The largest absolute Gasteiger partial charge is 0.591 e. The Balaban J connectivity index is 2.10. The van der Waals surface area contributed by atoms with Gasteiger partial charge in [0.15, 0.2) is 0 Å². The molecule has 98 valence electrons. The third-order valence-corrected chi connectivity index (χ3v) is 4.07. The monoisotopic (exact) mass is 268 g/mol. The molecule has 0 aromatic carbocycles. The number of halogens is 1. The molecule has 0 radical (unpaired) electrons. The van der Waals surface area contributed by atoms with Crippen LogP contribution in [0, 0.1) is 5.95 Å². The van der Waals surface area contributed by atoms with Gasteiger partial charge in [-0.3, -0.25) is 0 Å². The zero-order valence-corrected chi connectivity index (χ0v) is 11.6. The Morgan fingerprint density at radius 1 is 1.44 bits per heavy atom. The van der Waals surface area contributed by atoms with Crippen molar-refractivity contribution < 1.29 is 8.94 Å². The van der Waals surface area contributed by atoms with Gasteiger partial charge in [0.25, 0.3) is 0 Å².